The summed E-state index contributed by atoms with van der Waals surface area (Å²) in [5.74, 6) is -0.797. The molecule has 2 aromatic carbocycles. The molecule has 6 nitrogen and oxygen atoms in total. The third-order valence-corrected chi connectivity index (χ3v) is 5.42. The van der Waals surface area contributed by atoms with E-state index >= 15 is 0 Å². The number of hydrogen-bond donors (Lipinski definition) is 1. The molecule has 3 aromatic rings. The van der Waals surface area contributed by atoms with E-state index in [1.54, 1.807) is 19.2 Å². The van der Waals surface area contributed by atoms with Crippen LogP contribution in [-0.2, 0) is 16.2 Å². The summed E-state index contributed by atoms with van der Waals surface area (Å²) in [6.07, 6.45) is -0.379. The molecule has 1 N–H and O–H groups in total. The summed E-state index contributed by atoms with van der Waals surface area (Å²) < 4.78 is 5.98. The number of amides is 1. The quantitative estimate of drug-likeness (QED) is 0.535. The van der Waals surface area contributed by atoms with Crippen LogP contribution in [0.3, 0.4) is 0 Å². The fraction of sp³-hybridized carbons (Fsp3) is 0.227. The smallest absolute Gasteiger partial charge is 0.303 e. The number of carboxylic acid groups (broad SMARTS) is 1. The maximum atomic E-state index is 12.3. The van der Waals surface area contributed by atoms with E-state index in [9.17, 15) is 9.59 Å². The number of pyridine rings is 1. The van der Waals surface area contributed by atoms with E-state index in [0.717, 1.165) is 16.6 Å². The van der Waals surface area contributed by atoms with Crippen LogP contribution in [0.15, 0.2) is 42.5 Å². The van der Waals surface area contributed by atoms with E-state index in [1.807, 2.05) is 37.3 Å². The van der Waals surface area contributed by atoms with Crippen molar-refractivity contribution in [3.8, 4) is 5.75 Å². The molecule has 0 saturated carbocycles. The van der Waals surface area contributed by atoms with Crippen molar-refractivity contribution in [2.45, 2.75) is 26.4 Å². The average Bonchev–Trinajstić information content (AvgIpc) is 2.71. The fourth-order valence-electron chi connectivity index (χ4n) is 2.98. The summed E-state index contributed by atoms with van der Waals surface area (Å²) in [7, 11) is 1.54. The summed E-state index contributed by atoms with van der Waals surface area (Å²) in [6, 6.07) is 12.8. The van der Waals surface area contributed by atoms with Gasteiger partial charge in [0.05, 0.1) is 17.1 Å². The molecule has 0 fully saturated rings. The lowest BCUT2D eigenvalue weighted by molar-refractivity contribution is -0.138. The Labute approximate surface area is 184 Å². The number of carbonyl (C=O) groups is 2. The number of carbonyl (C=O) groups excluding carboxylic acids is 1. The molecular formula is C22H20Cl2N2O4. The Kier molecular flexibility index (Phi) is 6.80. The molecule has 156 valence electrons. The molecule has 0 aliphatic heterocycles. The van der Waals surface area contributed by atoms with Crippen LogP contribution < -0.4 is 9.64 Å². The van der Waals surface area contributed by atoms with Crippen LogP contribution in [-0.4, -0.2) is 29.0 Å². The van der Waals surface area contributed by atoms with Crippen LogP contribution in [0, 0.1) is 6.92 Å². The highest BCUT2D eigenvalue weighted by Crippen LogP contribution is 2.35. The van der Waals surface area contributed by atoms with Crippen molar-refractivity contribution in [3.05, 3.63) is 63.8 Å². The fourth-order valence-corrected chi connectivity index (χ4v) is 3.58. The van der Waals surface area contributed by atoms with Crippen molar-refractivity contribution in [1.82, 2.24) is 4.98 Å². The maximum Gasteiger partial charge on any atom is 0.303 e. The highest BCUT2D eigenvalue weighted by atomic mass is 35.5. The van der Waals surface area contributed by atoms with Crippen LogP contribution in [0.2, 0.25) is 10.0 Å². The van der Waals surface area contributed by atoms with Crippen molar-refractivity contribution in [1.29, 1.82) is 0 Å². The predicted molar refractivity (Wildman–Crippen MR) is 118 cm³/mol. The first-order chi connectivity index (χ1) is 14.3. The van der Waals surface area contributed by atoms with Gasteiger partial charge in [-0.05, 0) is 31.2 Å². The van der Waals surface area contributed by atoms with E-state index in [4.69, 9.17) is 33.0 Å². The SMILES string of the molecule is Cc1ccc2cccc(OCc3c(Cl)ccc(N(C)C(=O)CCC(=O)O)c3Cl)c2n1. The number of anilines is 1. The molecule has 0 spiro atoms. The number of aromatic nitrogens is 1. The van der Waals surface area contributed by atoms with Crippen LogP contribution in [0.25, 0.3) is 10.9 Å². The second-order valence-corrected chi connectivity index (χ2v) is 7.56. The number of fused-ring (bicyclic) bond motifs is 1. The van der Waals surface area contributed by atoms with Crippen molar-refractivity contribution < 1.29 is 19.4 Å². The van der Waals surface area contributed by atoms with Gasteiger partial charge in [0.1, 0.15) is 17.9 Å². The number of hydrogen-bond acceptors (Lipinski definition) is 4. The third kappa shape index (κ3) is 4.83. The summed E-state index contributed by atoms with van der Waals surface area (Å²) >= 11 is 12.9. The van der Waals surface area contributed by atoms with Crippen molar-refractivity contribution >= 4 is 51.7 Å². The number of halogens is 2. The normalized spacial score (nSPS) is 10.8. The lowest BCUT2D eigenvalue weighted by Crippen LogP contribution is -2.27. The number of ether oxygens (including phenoxy) is 1. The number of benzene rings is 2. The van der Waals surface area contributed by atoms with Crippen LogP contribution in [0.4, 0.5) is 5.69 Å². The minimum Gasteiger partial charge on any atom is -0.487 e. The van der Waals surface area contributed by atoms with Crippen LogP contribution in [0.5, 0.6) is 5.75 Å². The first-order valence-corrected chi connectivity index (χ1v) is 9.98. The molecule has 0 saturated heterocycles. The van der Waals surface area contributed by atoms with Crippen molar-refractivity contribution in [2.75, 3.05) is 11.9 Å². The molecule has 0 unspecified atom stereocenters. The van der Waals surface area contributed by atoms with Gasteiger partial charge in [-0.2, -0.15) is 0 Å². The Hall–Kier alpha value is -2.83. The van der Waals surface area contributed by atoms with Gasteiger partial charge in [0.2, 0.25) is 5.91 Å². The average molecular weight is 447 g/mol. The summed E-state index contributed by atoms with van der Waals surface area (Å²) in [6.45, 7) is 1.99. The van der Waals surface area contributed by atoms with Gasteiger partial charge in [0, 0.05) is 35.1 Å². The van der Waals surface area contributed by atoms with Gasteiger partial charge in [-0.15, -0.1) is 0 Å². The summed E-state index contributed by atoms with van der Waals surface area (Å²) in [4.78, 5) is 28.9. The number of aliphatic carboxylic acids is 1. The Balaban J connectivity index is 1.85. The largest absolute Gasteiger partial charge is 0.487 e. The van der Waals surface area contributed by atoms with E-state index in [1.165, 1.54) is 4.90 Å². The van der Waals surface area contributed by atoms with Gasteiger partial charge >= 0.3 is 5.97 Å². The van der Waals surface area contributed by atoms with Crippen molar-refractivity contribution in [2.24, 2.45) is 0 Å². The Morgan fingerprint density at radius 3 is 2.60 bits per heavy atom. The highest BCUT2D eigenvalue weighted by Gasteiger charge is 2.19. The molecule has 1 amide bonds. The first-order valence-electron chi connectivity index (χ1n) is 9.22. The van der Waals surface area contributed by atoms with Gasteiger partial charge in [-0.25, -0.2) is 4.98 Å². The molecule has 0 atom stereocenters. The van der Waals surface area contributed by atoms with Gasteiger partial charge in [0.15, 0.2) is 0 Å². The molecule has 1 aromatic heterocycles. The van der Waals surface area contributed by atoms with Crippen molar-refractivity contribution in [3.63, 3.8) is 0 Å². The van der Waals surface area contributed by atoms with Gasteiger partial charge in [-0.3, -0.25) is 9.59 Å². The molecule has 0 aliphatic carbocycles. The lowest BCUT2D eigenvalue weighted by Gasteiger charge is -2.21. The van der Waals surface area contributed by atoms with E-state index < -0.39 is 5.97 Å². The maximum absolute atomic E-state index is 12.3. The summed E-state index contributed by atoms with van der Waals surface area (Å²) in [5, 5.41) is 10.4. The Bertz CT molecular complexity index is 1120. The molecule has 0 radical (unpaired) electrons. The zero-order valence-electron chi connectivity index (χ0n) is 16.5. The number of aryl methyl sites for hydroxylation is 1. The van der Waals surface area contributed by atoms with E-state index in [2.05, 4.69) is 4.98 Å². The standard InChI is InChI=1S/C22H20Cl2N2O4/c1-13-6-7-14-4-3-5-18(22(14)25-13)30-12-15-16(23)8-9-17(21(15)24)26(2)19(27)10-11-20(28)29/h3-9H,10-12H2,1-2H3,(H,28,29). The molecule has 1 heterocycles. The number of para-hydroxylation sites is 1. The summed E-state index contributed by atoms with van der Waals surface area (Å²) in [5.41, 5.74) is 2.57. The molecule has 0 bridgehead atoms. The highest BCUT2D eigenvalue weighted by molar-refractivity contribution is 6.38. The van der Waals surface area contributed by atoms with Crippen LogP contribution in [0.1, 0.15) is 24.1 Å². The number of carboxylic acids is 1. The van der Waals surface area contributed by atoms with Gasteiger partial charge in [0.25, 0.3) is 0 Å². The third-order valence-electron chi connectivity index (χ3n) is 4.65. The second kappa shape index (κ2) is 9.32. The van der Waals surface area contributed by atoms with Gasteiger partial charge in [-0.1, -0.05) is 41.4 Å². The van der Waals surface area contributed by atoms with E-state index in [0.29, 0.717) is 22.0 Å². The van der Waals surface area contributed by atoms with Crippen LogP contribution >= 0.6 is 23.2 Å². The predicted octanol–water partition coefficient (Wildman–Crippen LogP) is 5.26. The lowest BCUT2D eigenvalue weighted by atomic mass is 10.1. The molecule has 8 heteroatoms. The molecular weight excluding hydrogens is 427 g/mol. The zero-order valence-corrected chi connectivity index (χ0v) is 18.0. The number of nitrogens with zero attached hydrogens (tertiary/aromatic N) is 2. The van der Waals surface area contributed by atoms with Gasteiger partial charge < -0.3 is 14.7 Å². The topological polar surface area (TPSA) is 79.7 Å². The Morgan fingerprint density at radius 1 is 1.10 bits per heavy atom. The van der Waals surface area contributed by atoms with E-state index in [-0.39, 0.29) is 30.4 Å². The minimum atomic E-state index is -1.04. The monoisotopic (exact) mass is 446 g/mol. The minimum absolute atomic E-state index is 0.0808. The first kappa shape index (κ1) is 21.9. The zero-order chi connectivity index (χ0) is 21.8. The second-order valence-electron chi connectivity index (χ2n) is 6.77. The Morgan fingerprint density at radius 2 is 1.87 bits per heavy atom. The molecule has 30 heavy (non-hydrogen) atoms. The molecule has 0 aliphatic rings. The molecule has 3 rings (SSSR count). The number of rotatable bonds is 7.